The number of ether oxygens (including phenoxy) is 1. The molecule has 14 heavy (non-hydrogen) atoms. The van der Waals surface area contributed by atoms with Gasteiger partial charge in [-0.2, -0.15) is 11.8 Å². The molecule has 0 saturated carbocycles. The van der Waals surface area contributed by atoms with E-state index in [0.29, 0.717) is 24.5 Å². The van der Waals surface area contributed by atoms with Crippen molar-refractivity contribution in [3.63, 3.8) is 0 Å². The normalized spacial score (nSPS) is 12.2. The zero-order valence-corrected chi connectivity index (χ0v) is 9.43. The molecule has 0 saturated heterocycles. The van der Waals surface area contributed by atoms with Crippen LogP contribution < -0.4 is 5.73 Å². The van der Waals surface area contributed by atoms with Crippen LogP contribution in [0.3, 0.4) is 0 Å². The smallest absolute Gasteiger partial charge is 0.305 e. The third-order valence-electron chi connectivity index (χ3n) is 1.60. The van der Waals surface area contributed by atoms with Crippen molar-refractivity contribution in [1.82, 2.24) is 0 Å². The Morgan fingerprint density at radius 1 is 1.50 bits per heavy atom. The zero-order chi connectivity index (χ0) is 11.0. The number of rotatable bonds is 7. The number of thioether (sulfide) groups is 1. The molecule has 0 aromatic rings. The Hall–Kier alpha value is -0.550. The van der Waals surface area contributed by atoms with Gasteiger partial charge in [-0.3, -0.25) is 9.59 Å². The summed E-state index contributed by atoms with van der Waals surface area (Å²) in [6.07, 6.45) is 0.400. The monoisotopic (exact) mass is 219 g/mol. The van der Waals surface area contributed by atoms with Crippen LogP contribution in [-0.4, -0.2) is 35.9 Å². The van der Waals surface area contributed by atoms with Gasteiger partial charge in [0.15, 0.2) is 0 Å². The Kier molecular flexibility index (Phi) is 7.51. The number of hydrogen-bond acceptors (Lipinski definition) is 5. The summed E-state index contributed by atoms with van der Waals surface area (Å²) in [5, 5.41) is 0. The molecule has 0 aliphatic rings. The van der Waals surface area contributed by atoms with Crippen LogP contribution >= 0.6 is 11.8 Å². The zero-order valence-electron chi connectivity index (χ0n) is 8.62. The third kappa shape index (κ3) is 6.91. The van der Waals surface area contributed by atoms with Crippen LogP contribution in [0.5, 0.6) is 0 Å². The van der Waals surface area contributed by atoms with E-state index in [1.807, 2.05) is 0 Å². The van der Waals surface area contributed by atoms with Crippen molar-refractivity contribution >= 4 is 23.5 Å². The lowest BCUT2D eigenvalue weighted by molar-refractivity contribution is -0.142. The Morgan fingerprint density at radius 3 is 2.64 bits per heavy atom. The van der Waals surface area contributed by atoms with Gasteiger partial charge < -0.3 is 10.5 Å². The van der Waals surface area contributed by atoms with Crippen LogP contribution in [0.2, 0.25) is 0 Å². The number of carbonyl (C=O) groups is 2. The lowest BCUT2D eigenvalue weighted by Gasteiger charge is -2.07. The number of hydrogen-bond donors (Lipinski definition) is 1. The quantitative estimate of drug-likeness (QED) is 0.501. The van der Waals surface area contributed by atoms with Gasteiger partial charge in [-0.1, -0.05) is 6.92 Å². The number of esters is 1. The summed E-state index contributed by atoms with van der Waals surface area (Å²) in [5.41, 5.74) is 5.51. The first-order valence-electron chi connectivity index (χ1n) is 4.57. The summed E-state index contributed by atoms with van der Waals surface area (Å²) >= 11 is 1.52. The van der Waals surface area contributed by atoms with Crippen LogP contribution in [0.15, 0.2) is 0 Å². The highest BCUT2D eigenvalue weighted by Gasteiger charge is 2.07. The fraction of sp³-hybridized carbons (Fsp3) is 0.778. The van der Waals surface area contributed by atoms with E-state index in [-0.39, 0.29) is 11.8 Å². The average molecular weight is 219 g/mol. The summed E-state index contributed by atoms with van der Waals surface area (Å²) in [5.74, 6) is 1.07. The van der Waals surface area contributed by atoms with E-state index < -0.39 is 6.04 Å². The molecular weight excluding hydrogens is 202 g/mol. The first-order valence-corrected chi connectivity index (χ1v) is 5.72. The highest BCUT2D eigenvalue weighted by atomic mass is 32.2. The summed E-state index contributed by atoms with van der Waals surface area (Å²) in [6, 6.07) is -0.401. The minimum absolute atomic E-state index is 0.0111. The molecule has 0 amide bonds. The van der Waals surface area contributed by atoms with Gasteiger partial charge >= 0.3 is 5.97 Å². The molecule has 0 aromatic heterocycles. The number of nitrogens with two attached hydrogens (primary N) is 1. The van der Waals surface area contributed by atoms with Gasteiger partial charge in [0.05, 0.1) is 6.04 Å². The largest absolute Gasteiger partial charge is 0.465 e. The maximum absolute atomic E-state index is 10.7. The van der Waals surface area contributed by atoms with E-state index in [1.54, 1.807) is 6.92 Å². The second-order valence-corrected chi connectivity index (χ2v) is 4.02. The second kappa shape index (κ2) is 7.82. The minimum Gasteiger partial charge on any atom is -0.465 e. The molecule has 4 nitrogen and oxygen atoms in total. The first kappa shape index (κ1) is 13.4. The summed E-state index contributed by atoms with van der Waals surface area (Å²) in [7, 11) is 0. The van der Waals surface area contributed by atoms with Gasteiger partial charge in [-0.05, 0) is 6.92 Å². The lowest BCUT2D eigenvalue weighted by Crippen LogP contribution is -2.31. The highest BCUT2D eigenvalue weighted by Crippen LogP contribution is 2.02. The Labute approximate surface area is 88.6 Å². The molecule has 0 rings (SSSR count). The van der Waals surface area contributed by atoms with Crippen LogP contribution in [0.1, 0.15) is 20.3 Å². The molecule has 0 heterocycles. The molecule has 82 valence electrons. The molecule has 0 aliphatic heterocycles. The maximum Gasteiger partial charge on any atom is 0.305 e. The highest BCUT2D eigenvalue weighted by molar-refractivity contribution is 7.99. The fourth-order valence-corrected chi connectivity index (χ4v) is 1.50. The predicted molar refractivity (Wildman–Crippen MR) is 57.2 cm³/mol. The van der Waals surface area contributed by atoms with E-state index in [9.17, 15) is 9.59 Å². The standard InChI is InChI=1S/C9H17NO3S/c1-3-9(12)13-4-5-14-6-8(10)7(2)11/h8H,3-6,10H2,1-2H3/t8-/m0/s1. The predicted octanol–water partition coefficient (Wildman–Crippen LogP) is 0.589. The lowest BCUT2D eigenvalue weighted by atomic mass is 10.3. The molecule has 0 aromatic carbocycles. The van der Waals surface area contributed by atoms with Gasteiger partial charge in [0.1, 0.15) is 12.4 Å². The van der Waals surface area contributed by atoms with Crippen molar-refractivity contribution in [3.05, 3.63) is 0 Å². The van der Waals surface area contributed by atoms with Crippen LogP contribution in [0.25, 0.3) is 0 Å². The van der Waals surface area contributed by atoms with Crippen molar-refractivity contribution in [2.75, 3.05) is 18.1 Å². The summed E-state index contributed by atoms with van der Waals surface area (Å²) in [6.45, 7) is 3.62. The number of Topliss-reactive ketones (excluding diaryl/α,β-unsaturated/α-hetero) is 1. The topological polar surface area (TPSA) is 69.4 Å². The molecule has 0 spiro atoms. The third-order valence-corrected chi connectivity index (χ3v) is 2.65. The van der Waals surface area contributed by atoms with Gasteiger partial charge in [0.2, 0.25) is 0 Å². The molecule has 0 bridgehead atoms. The second-order valence-electron chi connectivity index (χ2n) is 2.87. The minimum atomic E-state index is -0.401. The van der Waals surface area contributed by atoms with Crippen LogP contribution in [-0.2, 0) is 14.3 Å². The molecular formula is C9H17NO3S. The Morgan fingerprint density at radius 2 is 2.14 bits per heavy atom. The molecule has 1 atom stereocenters. The maximum atomic E-state index is 10.7. The molecule has 0 unspecified atom stereocenters. The first-order chi connectivity index (χ1) is 6.57. The Balaban J connectivity index is 3.30. The van der Waals surface area contributed by atoms with E-state index in [1.165, 1.54) is 18.7 Å². The molecule has 0 aliphatic carbocycles. The SMILES string of the molecule is CCC(=O)OCCSC[C@H](N)C(C)=O. The van der Waals surface area contributed by atoms with E-state index in [2.05, 4.69) is 0 Å². The van der Waals surface area contributed by atoms with Crippen LogP contribution in [0.4, 0.5) is 0 Å². The summed E-state index contributed by atoms with van der Waals surface area (Å²) in [4.78, 5) is 21.4. The van der Waals surface area contributed by atoms with Gasteiger partial charge in [-0.25, -0.2) is 0 Å². The van der Waals surface area contributed by atoms with Crippen molar-refractivity contribution in [2.45, 2.75) is 26.3 Å². The van der Waals surface area contributed by atoms with Crippen molar-refractivity contribution in [3.8, 4) is 0 Å². The van der Waals surface area contributed by atoms with Gasteiger partial charge in [0.25, 0.3) is 0 Å². The summed E-state index contributed by atoms with van der Waals surface area (Å²) < 4.78 is 4.85. The van der Waals surface area contributed by atoms with Crippen LogP contribution in [0, 0.1) is 0 Å². The van der Waals surface area contributed by atoms with E-state index >= 15 is 0 Å². The van der Waals surface area contributed by atoms with Crippen molar-refractivity contribution < 1.29 is 14.3 Å². The number of carbonyl (C=O) groups excluding carboxylic acids is 2. The van der Waals surface area contributed by atoms with Crippen molar-refractivity contribution in [2.24, 2.45) is 5.73 Å². The number of ketones is 1. The fourth-order valence-electron chi connectivity index (χ4n) is 0.644. The molecule has 5 heteroatoms. The van der Waals surface area contributed by atoms with Crippen molar-refractivity contribution in [1.29, 1.82) is 0 Å². The average Bonchev–Trinajstić information content (AvgIpc) is 2.16. The van der Waals surface area contributed by atoms with E-state index in [4.69, 9.17) is 10.5 Å². The van der Waals surface area contributed by atoms with Gasteiger partial charge in [0, 0.05) is 17.9 Å². The van der Waals surface area contributed by atoms with Gasteiger partial charge in [-0.15, -0.1) is 0 Å². The molecule has 0 radical (unpaired) electrons. The van der Waals surface area contributed by atoms with E-state index in [0.717, 1.165) is 0 Å². The molecule has 0 fully saturated rings. The molecule has 2 N–H and O–H groups in total. The Bertz CT molecular complexity index is 196.